The summed E-state index contributed by atoms with van der Waals surface area (Å²) in [6.45, 7) is 5.48. The normalized spacial score (nSPS) is 13.6. The summed E-state index contributed by atoms with van der Waals surface area (Å²) in [5.41, 5.74) is 11.0. The number of benzene rings is 1. The molecule has 1 aliphatic rings. The Morgan fingerprint density at radius 3 is 2.79 bits per heavy atom. The molecular weight excluding hydrogens is 370 g/mol. The second kappa shape index (κ2) is 7.67. The topological polar surface area (TPSA) is 85.0 Å². The van der Waals surface area contributed by atoms with Gasteiger partial charge in [0.1, 0.15) is 17.2 Å². The lowest BCUT2D eigenvalue weighted by Crippen LogP contribution is -2.37. The van der Waals surface area contributed by atoms with Gasteiger partial charge in [-0.15, -0.1) is 11.3 Å². The van der Waals surface area contributed by atoms with E-state index in [-0.39, 0.29) is 5.91 Å². The number of thiazole rings is 1. The first kappa shape index (κ1) is 18.6. The van der Waals surface area contributed by atoms with Crippen molar-refractivity contribution in [2.45, 2.75) is 39.2 Å². The van der Waals surface area contributed by atoms with E-state index in [1.807, 2.05) is 10.3 Å². The van der Waals surface area contributed by atoms with Crippen LogP contribution in [0.25, 0.3) is 10.6 Å². The second-order valence-corrected chi connectivity index (χ2v) is 8.21. The SMILES string of the molecule is CC(C)c1ccc(-c2nc(CC(=O)N3CCc4ncnc(N)c4C3)cs2)cc1. The minimum Gasteiger partial charge on any atom is -0.383 e. The number of hydrogen-bond acceptors (Lipinski definition) is 6. The first-order valence-electron chi connectivity index (χ1n) is 9.42. The molecule has 1 aliphatic heterocycles. The number of nitrogens with two attached hydrogens (primary N) is 1. The van der Waals surface area contributed by atoms with Gasteiger partial charge in [0.05, 0.1) is 24.4 Å². The lowest BCUT2D eigenvalue weighted by Gasteiger charge is -2.28. The summed E-state index contributed by atoms with van der Waals surface area (Å²) in [5.74, 6) is 1.02. The fourth-order valence-electron chi connectivity index (χ4n) is 3.37. The van der Waals surface area contributed by atoms with Gasteiger partial charge in [-0.05, 0) is 11.5 Å². The van der Waals surface area contributed by atoms with Crippen molar-refractivity contribution in [2.75, 3.05) is 12.3 Å². The average molecular weight is 394 g/mol. The van der Waals surface area contributed by atoms with Crippen LogP contribution in [0.1, 0.15) is 42.3 Å². The third kappa shape index (κ3) is 3.75. The van der Waals surface area contributed by atoms with Crippen LogP contribution in [0.5, 0.6) is 0 Å². The first-order chi connectivity index (χ1) is 13.5. The van der Waals surface area contributed by atoms with E-state index in [1.54, 1.807) is 11.3 Å². The lowest BCUT2D eigenvalue weighted by atomic mass is 10.0. The van der Waals surface area contributed by atoms with E-state index in [0.717, 1.165) is 27.5 Å². The van der Waals surface area contributed by atoms with Crippen LogP contribution < -0.4 is 5.73 Å². The van der Waals surface area contributed by atoms with Crippen molar-refractivity contribution < 1.29 is 4.79 Å². The minimum absolute atomic E-state index is 0.0564. The van der Waals surface area contributed by atoms with Gasteiger partial charge in [0.2, 0.25) is 5.91 Å². The van der Waals surface area contributed by atoms with Gasteiger partial charge < -0.3 is 10.6 Å². The fraction of sp³-hybridized carbons (Fsp3) is 0.333. The van der Waals surface area contributed by atoms with E-state index < -0.39 is 0 Å². The fourth-order valence-corrected chi connectivity index (χ4v) is 4.20. The molecule has 0 atom stereocenters. The number of carbonyl (C=O) groups is 1. The van der Waals surface area contributed by atoms with Crippen LogP contribution in [0, 0.1) is 0 Å². The van der Waals surface area contributed by atoms with Gasteiger partial charge in [0.25, 0.3) is 0 Å². The molecule has 0 radical (unpaired) electrons. The number of nitrogen functional groups attached to an aromatic ring is 1. The third-order valence-corrected chi connectivity index (χ3v) is 6.04. The monoisotopic (exact) mass is 393 g/mol. The molecule has 2 N–H and O–H groups in total. The van der Waals surface area contributed by atoms with Gasteiger partial charge in [-0.3, -0.25) is 4.79 Å². The molecule has 0 fully saturated rings. The number of hydrogen-bond donors (Lipinski definition) is 1. The Morgan fingerprint density at radius 2 is 2.04 bits per heavy atom. The van der Waals surface area contributed by atoms with Crippen molar-refractivity contribution in [3.8, 4) is 10.6 Å². The van der Waals surface area contributed by atoms with Crippen molar-refractivity contribution in [1.82, 2.24) is 19.9 Å². The molecule has 3 aromatic rings. The summed E-state index contributed by atoms with van der Waals surface area (Å²) in [7, 11) is 0. The summed E-state index contributed by atoms with van der Waals surface area (Å²) < 4.78 is 0. The van der Waals surface area contributed by atoms with Crippen LogP contribution in [0.15, 0.2) is 36.0 Å². The molecule has 0 spiro atoms. The zero-order chi connectivity index (χ0) is 19.7. The van der Waals surface area contributed by atoms with Gasteiger partial charge in [-0.25, -0.2) is 15.0 Å². The standard InChI is InChI=1S/C21H23N5OS/c1-13(2)14-3-5-15(6-4-14)21-25-16(11-28-21)9-19(27)26-8-7-18-17(10-26)20(22)24-12-23-18/h3-6,11-13H,7-10H2,1-2H3,(H2,22,23,24). The molecule has 0 unspecified atom stereocenters. The molecular formula is C21H23N5OS. The summed E-state index contributed by atoms with van der Waals surface area (Å²) in [6.07, 6.45) is 2.48. The Morgan fingerprint density at radius 1 is 1.25 bits per heavy atom. The zero-order valence-electron chi connectivity index (χ0n) is 16.1. The Labute approximate surface area is 168 Å². The maximum Gasteiger partial charge on any atom is 0.228 e. The molecule has 0 saturated heterocycles. The van der Waals surface area contributed by atoms with E-state index >= 15 is 0 Å². The summed E-state index contributed by atoms with van der Waals surface area (Å²) in [5, 5.41) is 2.92. The lowest BCUT2D eigenvalue weighted by molar-refractivity contribution is -0.131. The Hall–Kier alpha value is -2.80. The number of carbonyl (C=O) groups excluding carboxylic acids is 1. The molecule has 4 rings (SSSR count). The highest BCUT2D eigenvalue weighted by molar-refractivity contribution is 7.13. The first-order valence-corrected chi connectivity index (χ1v) is 10.3. The molecule has 144 valence electrons. The van der Waals surface area contributed by atoms with Crippen molar-refractivity contribution >= 4 is 23.1 Å². The maximum atomic E-state index is 12.8. The predicted octanol–water partition coefficient (Wildman–Crippen LogP) is 3.43. The molecule has 1 amide bonds. The van der Waals surface area contributed by atoms with E-state index in [0.29, 0.717) is 37.7 Å². The quantitative estimate of drug-likeness (QED) is 0.734. The van der Waals surface area contributed by atoms with Crippen LogP contribution in [0.2, 0.25) is 0 Å². The van der Waals surface area contributed by atoms with Crippen LogP contribution in [0.4, 0.5) is 5.82 Å². The Balaban J connectivity index is 1.44. The predicted molar refractivity (Wildman–Crippen MR) is 111 cm³/mol. The van der Waals surface area contributed by atoms with Crippen LogP contribution in [-0.4, -0.2) is 32.3 Å². The number of nitrogens with zero attached hydrogens (tertiary/aromatic N) is 4. The molecule has 0 bridgehead atoms. The molecule has 0 aliphatic carbocycles. The van der Waals surface area contributed by atoms with Gasteiger partial charge in [-0.2, -0.15) is 0 Å². The molecule has 7 heteroatoms. The molecule has 0 saturated carbocycles. The van der Waals surface area contributed by atoms with E-state index in [9.17, 15) is 4.79 Å². The molecule has 1 aromatic carbocycles. The number of aromatic nitrogens is 3. The van der Waals surface area contributed by atoms with Gasteiger partial charge >= 0.3 is 0 Å². The Bertz CT molecular complexity index is 996. The highest BCUT2D eigenvalue weighted by Crippen LogP contribution is 2.27. The van der Waals surface area contributed by atoms with Crippen molar-refractivity contribution in [3.63, 3.8) is 0 Å². The molecule has 28 heavy (non-hydrogen) atoms. The average Bonchev–Trinajstić information content (AvgIpc) is 3.16. The van der Waals surface area contributed by atoms with E-state index in [2.05, 4.69) is 53.1 Å². The minimum atomic E-state index is 0.0564. The largest absolute Gasteiger partial charge is 0.383 e. The molecule has 3 heterocycles. The highest BCUT2D eigenvalue weighted by Gasteiger charge is 2.24. The maximum absolute atomic E-state index is 12.8. The molecule has 2 aromatic heterocycles. The van der Waals surface area contributed by atoms with Crippen molar-refractivity contribution in [1.29, 1.82) is 0 Å². The summed E-state index contributed by atoms with van der Waals surface area (Å²) in [6, 6.07) is 8.49. The van der Waals surface area contributed by atoms with Crippen LogP contribution in [0.3, 0.4) is 0 Å². The third-order valence-electron chi connectivity index (χ3n) is 5.10. The van der Waals surface area contributed by atoms with Crippen LogP contribution >= 0.6 is 11.3 Å². The smallest absolute Gasteiger partial charge is 0.228 e. The zero-order valence-corrected chi connectivity index (χ0v) is 16.9. The van der Waals surface area contributed by atoms with Crippen molar-refractivity contribution in [2.24, 2.45) is 0 Å². The Kier molecular flexibility index (Phi) is 5.09. The van der Waals surface area contributed by atoms with E-state index in [1.165, 1.54) is 11.9 Å². The highest BCUT2D eigenvalue weighted by atomic mass is 32.1. The summed E-state index contributed by atoms with van der Waals surface area (Å²) >= 11 is 1.57. The second-order valence-electron chi connectivity index (χ2n) is 7.35. The van der Waals surface area contributed by atoms with Crippen LogP contribution in [-0.2, 0) is 24.2 Å². The molecule has 6 nitrogen and oxygen atoms in total. The number of rotatable bonds is 4. The van der Waals surface area contributed by atoms with Gasteiger partial charge in [0.15, 0.2) is 0 Å². The van der Waals surface area contributed by atoms with Gasteiger partial charge in [-0.1, -0.05) is 38.1 Å². The number of fused-ring (bicyclic) bond motifs is 1. The summed E-state index contributed by atoms with van der Waals surface area (Å²) in [4.78, 5) is 27.6. The van der Waals surface area contributed by atoms with Crippen molar-refractivity contribution in [3.05, 3.63) is 58.5 Å². The van der Waals surface area contributed by atoms with E-state index in [4.69, 9.17) is 5.73 Å². The number of anilines is 1. The number of amides is 1. The van der Waals surface area contributed by atoms with Gasteiger partial charge in [0, 0.05) is 29.5 Å².